The minimum absolute atomic E-state index is 0.135. The summed E-state index contributed by atoms with van der Waals surface area (Å²) in [6.45, 7) is 0.148. The first kappa shape index (κ1) is 13.0. The van der Waals surface area contributed by atoms with Crippen LogP contribution < -0.4 is 5.32 Å². The summed E-state index contributed by atoms with van der Waals surface area (Å²) in [6, 6.07) is 9.14. The fraction of sp³-hybridized carbons (Fsp3) is 0.0714. The van der Waals surface area contributed by atoms with E-state index in [1.54, 1.807) is 12.1 Å². The second-order valence-electron chi connectivity index (χ2n) is 3.98. The molecule has 2 N–H and O–H groups in total. The lowest BCUT2D eigenvalue weighted by atomic mass is 10.1. The highest BCUT2D eigenvalue weighted by Crippen LogP contribution is 2.16. The van der Waals surface area contributed by atoms with Crippen molar-refractivity contribution in [2.75, 3.05) is 0 Å². The van der Waals surface area contributed by atoms with Crippen molar-refractivity contribution in [2.45, 2.75) is 6.54 Å². The van der Waals surface area contributed by atoms with E-state index in [1.807, 2.05) is 0 Å². The van der Waals surface area contributed by atoms with Gasteiger partial charge < -0.3 is 10.4 Å². The number of amides is 1. The van der Waals surface area contributed by atoms with E-state index in [1.165, 1.54) is 18.2 Å². The van der Waals surface area contributed by atoms with Gasteiger partial charge in [0, 0.05) is 12.1 Å². The highest BCUT2D eigenvalue weighted by atomic mass is 19.1. The summed E-state index contributed by atoms with van der Waals surface area (Å²) in [5.74, 6) is -2.23. The monoisotopic (exact) mass is 263 g/mol. The van der Waals surface area contributed by atoms with Crippen LogP contribution in [-0.2, 0) is 6.54 Å². The van der Waals surface area contributed by atoms with E-state index in [0.717, 1.165) is 12.1 Å². The van der Waals surface area contributed by atoms with Gasteiger partial charge in [0.25, 0.3) is 5.91 Å². The molecule has 2 aromatic carbocycles. The standard InChI is InChI=1S/C14H11F2NO2/c15-11-3-1-2-9(6-11)8-17-14(19)10-4-5-12(16)13(18)7-10/h1-7,18H,8H2,(H,17,19). The Hall–Kier alpha value is -2.43. The fourth-order valence-electron chi connectivity index (χ4n) is 1.59. The van der Waals surface area contributed by atoms with Gasteiger partial charge in [-0.15, -0.1) is 0 Å². The number of carbonyl (C=O) groups excluding carboxylic acids is 1. The molecule has 2 rings (SSSR count). The van der Waals surface area contributed by atoms with Crippen LogP contribution in [0.4, 0.5) is 8.78 Å². The van der Waals surface area contributed by atoms with E-state index in [9.17, 15) is 13.6 Å². The van der Waals surface area contributed by atoms with Crippen LogP contribution in [-0.4, -0.2) is 11.0 Å². The second-order valence-corrected chi connectivity index (χ2v) is 3.98. The molecule has 0 radical (unpaired) electrons. The molecule has 98 valence electrons. The third-order valence-corrected chi connectivity index (χ3v) is 2.55. The smallest absolute Gasteiger partial charge is 0.251 e. The molecule has 0 saturated heterocycles. The van der Waals surface area contributed by atoms with Crippen LogP contribution in [0.25, 0.3) is 0 Å². The summed E-state index contributed by atoms with van der Waals surface area (Å²) < 4.78 is 25.8. The van der Waals surface area contributed by atoms with Crippen molar-refractivity contribution in [3.05, 3.63) is 65.2 Å². The molecule has 0 aromatic heterocycles. The number of rotatable bonds is 3. The predicted octanol–water partition coefficient (Wildman–Crippen LogP) is 2.60. The number of hydrogen-bond acceptors (Lipinski definition) is 2. The van der Waals surface area contributed by atoms with Gasteiger partial charge in [0.15, 0.2) is 11.6 Å². The summed E-state index contributed by atoms with van der Waals surface area (Å²) in [7, 11) is 0. The number of phenolic OH excluding ortho intramolecular Hbond substituents is 1. The van der Waals surface area contributed by atoms with E-state index >= 15 is 0 Å². The normalized spacial score (nSPS) is 10.2. The quantitative estimate of drug-likeness (QED) is 0.894. The highest BCUT2D eigenvalue weighted by Gasteiger charge is 2.08. The molecule has 1 amide bonds. The fourth-order valence-corrected chi connectivity index (χ4v) is 1.59. The Labute approximate surface area is 108 Å². The first-order valence-corrected chi connectivity index (χ1v) is 5.57. The average molecular weight is 263 g/mol. The van der Waals surface area contributed by atoms with Gasteiger partial charge >= 0.3 is 0 Å². The molecule has 0 saturated carbocycles. The zero-order chi connectivity index (χ0) is 13.8. The van der Waals surface area contributed by atoms with Gasteiger partial charge in [0.1, 0.15) is 5.82 Å². The zero-order valence-electron chi connectivity index (χ0n) is 9.86. The largest absolute Gasteiger partial charge is 0.505 e. The molecule has 3 nitrogen and oxygen atoms in total. The lowest BCUT2D eigenvalue weighted by Gasteiger charge is -2.06. The molecule has 0 heterocycles. The first-order valence-electron chi connectivity index (χ1n) is 5.57. The number of aromatic hydroxyl groups is 1. The topological polar surface area (TPSA) is 49.3 Å². The molecule has 0 aliphatic heterocycles. The van der Waals surface area contributed by atoms with Gasteiger partial charge in [-0.1, -0.05) is 12.1 Å². The van der Waals surface area contributed by atoms with Crippen molar-refractivity contribution in [3.63, 3.8) is 0 Å². The average Bonchev–Trinajstić information content (AvgIpc) is 2.39. The molecule has 0 aliphatic rings. The van der Waals surface area contributed by atoms with Crippen LogP contribution in [0.1, 0.15) is 15.9 Å². The molecule has 0 spiro atoms. The number of hydrogen-bond donors (Lipinski definition) is 2. The molecule has 19 heavy (non-hydrogen) atoms. The number of benzene rings is 2. The van der Waals surface area contributed by atoms with Gasteiger partial charge in [-0.3, -0.25) is 4.79 Å². The molecule has 0 bridgehead atoms. The maximum Gasteiger partial charge on any atom is 0.251 e. The molecule has 0 fully saturated rings. The zero-order valence-corrected chi connectivity index (χ0v) is 9.86. The molecule has 2 aromatic rings. The highest BCUT2D eigenvalue weighted by molar-refractivity contribution is 5.94. The molecule has 0 unspecified atom stereocenters. The Morgan fingerprint density at radius 1 is 1.16 bits per heavy atom. The van der Waals surface area contributed by atoms with Crippen LogP contribution in [0.5, 0.6) is 5.75 Å². The number of carbonyl (C=O) groups is 1. The van der Waals surface area contributed by atoms with Crippen molar-refractivity contribution in [2.24, 2.45) is 0 Å². The van der Waals surface area contributed by atoms with Crippen LogP contribution >= 0.6 is 0 Å². The Morgan fingerprint density at radius 2 is 1.95 bits per heavy atom. The second kappa shape index (κ2) is 5.48. The van der Waals surface area contributed by atoms with Gasteiger partial charge in [-0.25, -0.2) is 8.78 Å². The molecular formula is C14H11F2NO2. The summed E-state index contributed by atoms with van der Waals surface area (Å²) in [4.78, 5) is 11.7. The van der Waals surface area contributed by atoms with Crippen LogP contribution in [0.2, 0.25) is 0 Å². The van der Waals surface area contributed by atoms with Crippen molar-refractivity contribution >= 4 is 5.91 Å². The van der Waals surface area contributed by atoms with Crippen molar-refractivity contribution < 1.29 is 18.7 Å². The Kier molecular flexibility index (Phi) is 3.75. The number of phenols is 1. The molecular weight excluding hydrogens is 252 g/mol. The SMILES string of the molecule is O=C(NCc1cccc(F)c1)c1ccc(F)c(O)c1. The maximum absolute atomic E-state index is 12.9. The van der Waals surface area contributed by atoms with Gasteiger partial charge in [-0.05, 0) is 35.9 Å². The summed E-state index contributed by atoms with van der Waals surface area (Å²) in [5.41, 5.74) is 0.745. The van der Waals surface area contributed by atoms with E-state index in [2.05, 4.69) is 5.32 Å². The van der Waals surface area contributed by atoms with Gasteiger partial charge in [0.2, 0.25) is 0 Å². The minimum Gasteiger partial charge on any atom is -0.505 e. The summed E-state index contributed by atoms with van der Waals surface area (Å²) >= 11 is 0. The molecule has 0 aliphatic carbocycles. The van der Waals surface area contributed by atoms with Crippen molar-refractivity contribution in [3.8, 4) is 5.75 Å². The summed E-state index contributed by atoms with van der Waals surface area (Å²) in [5, 5.41) is 11.7. The number of nitrogens with one attached hydrogen (secondary N) is 1. The van der Waals surface area contributed by atoms with Crippen LogP contribution in [0, 0.1) is 11.6 Å². The van der Waals surface area contributed by atoms with E-state index in [-0.39, 0.29) is 17.9 Å². The third kappa shape index (κ3) is 3.28. The van der Waals surface area contributed by atoms with Crippen molar-refractivity contribution in [1.82, 2.24) is 5.32 Å². The third-order valence-electron chi connectivity index (χ3n) is 2.55. The molecule has 5 heteroatoms. The molecule has 0 atom stereocenters. The van der Waals surface area contributed by atoms with Crippen LogP contribution in [0.3, 0.4) is 0 Å². The number of halogens is 2. The van der Waals surface area contributed by atoms with E-state index in [0.29, 0.717) is 5.56 Å². The van der Waals surface area contributed by atoms with Crippen LogP contribution in [0.15, 0.2) is 42.5 Å². The lowest BCUT2D eigenvalue weighted by Crippen LogP contribution is -2.22. The Bertz CT molecular complexity index is 614. The maximum atomic E-state index is 12.9. The Morgan fingerprint density at radius 3 is 2.63 bits per heavy atom. The van der Waals surface area contributed by atoms with Gasteiger partial charge in [0.05, 0.1) is 0 Å². The lowest BCUT2D eigenvalue weighted by molar-refractivity contribution is 0.0950. The predicted molar refractivity (Wildman–Crippen MR) is 65.6 cm³/mol. The summed E-state index contributed by atoms with van der Waals surface area (Å²) in [6.07, 6.45) is 0. The Balaban J connectivity index is 2.03. The van der Waals surface area contributed by atoms with Gasteiger partial charge in [-0.2, -0.15) is 0 Å². The van der Waals surface area contributed by atoms with E-state index < -0.39 is 17.5 Å². The van der Waals surface area contributed by atoms with E-state index in [4.69, 9.17) is 5.11 Å². The minimum atomic E-state index is -0.790. The van der Waals surface area contributed by atoms with Crippen molar-refractivity contribution in [1.29, 1.82) is 0 Å². The first-order chi connectivity index (χ1) is 9.06.